The van der Waals surface area contributed by atoms with Gasteiger partial charge in [-0.2, -0.15) is 5.10 Å². The third kappa shape index (κ3) is 4.70. The van der Waals surface area contributed by atoms with Crippen LogP contribution in [0.2, 0.25) is 5.02 Å². The van der Waals surface area contributed by atoms with Crippen LogP contribution in [-0.2, 0) is 0 Å². The molecule has 23 heavy (non-hydrogen) atoms. The number of hydrogen-bond donors (Lipinski definition) is 3. The van der Waals surface area contributed by atoms with E-state index in [2.05, 4.69) is 15.5 Å². The number of hydrogen-bond acceptors (Lipinski definition) is 3. The lowest BCUT2D eigenvalue weighted by Crippen LogP contribution is -2.49. The zero-order valence-electron chi connectivity index (χ0n) is 13.2. The first-order valence-corrected chi connectivity index (χ1v) is 7.73. The van der Waals surface area contributed by atoms with Crippen molar-refractivity contribution in [2.24, 2.45) is 5.73 Å². The maximum atomic E-state index is 12.4. The van der Waals surface area contributed by atoms with Crippen LogP contribution in [0.15, 0.2) is 30.5 Å². The summed E-state index contributed by atoms with van der Waals surface area (Å²) in [6, 6.07) is 7.28. The lowest BCUT2D eigenvalue weighted by molar-refractivity contribution is 0.0943. The SMILES string of the molecule is CCC(N)(CC)CNC(=O)c1cn[nH]c1-c1cccc(Cl)c1.Cl. The van der Waals surface area contributed by atoms with Crippen LogP contribution in [0.3, 0.4) is 0 Å². The zero-order chi connectivity index (χ0) is 16.2. The Morgan fingerprint density at radius 3 is 2.70 bits per heavy atom. The van der Waals surface area contributed by atoms with Crippen LogP contribution in [0.5, 0.6) is 0 Å². The summed E-state index contributed by atoms with van der Waals surface area (Å²) < 4.78 is 0. The first-order chi connectivity index (χ1) is 10.5. The second kappa shape index (κ2) is 8.34. The average molecular weight is 357 g/mol. The molecule has 4 N–H and O–H groups in total. The Bertz CT molecular complexity index is 653. The molecule has 5 nitrogen and oxygen atoms in total. The number of carbonyl (C=O) groups excluding carboxylic acids is 1. The molecule has 0 saturated heterocycles. The Kier molecular flexibility index (Phi) is 7.06. The van der Waals surface area contributed by atoms with E-state index in [9.17, 15) is 4.79 Å². The third-order valence-corrected chi connectivity index (χ3v) is 4.24. The Morgan fingerprint density at radius 1 is 1.39 bits per heavy atom. The summed E-state index contributed by atoms with van der Waals surface area (Å²) in [5.41, 5.74) is 7.78. The molecule has 0 aliphatic carbocycles. The molecule has 0 spiro atoms. The van der Waals surface area contributed by atoms with E-state index < -0.39 is 0 Å². The van der Waals surface area contributed by atoms with E-state index in [1.54, 1.807) is 12.1 Å². The molecule has 0 aliphatic rings. The van der Waals surface area contributed by atoms with Gasteiger partial charge < -0.3 is 11.1 Å². The molecule has 0 fully saturated rings. The Hall–Kier alpha value is -1.56. The molecule has 1 aromatic heterocycles. The minimum absolute atomic E-state index is 0. The summed E-state index contributed by atoms with van der Waals surface area (Å²) >= 11 is 6.00. The van der Waals surface area contributed by atoms with Crippen molar-refractivity contribution in [3.63, 3.8) is 0 Å². The molecule has 0 radical (unpaired) electrons. The van der Waals surface area contributed by atoms with E-state index in [0.717, 1.165) is 18.4 Å². The highest BCUT2D eigenvalue weighted by molar-refractivity contribution is 6.30. The minimum Gasteiger partial charge on any atom is -0.350 e. The van der Waals surface area contributed by atoms with Gasteiger partial charge in [-0.25, -0.2) is 0 Å². The van der Waals surface area contributed by atoms with Crippen molar-refractivity contribution in [3.05, 3.63) is 41.0 Å². The van der Waals surface area contributed by atoms with E-state index in [-0.39, 0.29) is 23.9 Å². The fourth-order valence-corrected chi connectivity index (χ4v) is 2.36. The molecule has 0 atom stereocenters. The first kappa shape index (κ1) is 19.5. The van der Waals surface area contributed by atoms with E-state index in [1.165, 1.54) is 6.20 Å². The predicted octanol–water partition coefficient (Wildman–Crippen LogP) is 3.40. The van der Waals surface area contributed by atoms with Gasteiger partial charge in [-0.05, 0) is 25.0 Å². The highest BCUT2D eigenvalue weighted by atomic mass is 35.5. The van der Waals surface area contributed by atoms with Gasteiger partial charge in [-0.3, -0.25) is 9.89 Å². The zero-order valence-corrected chi connectivity index (χ0v) is 14.8. The number of aromatic nitrogens is 2. The van der Waals surface area contributed by atoms with Gasteiger partial charge in [0, 0.05) is 22.7 Å². The van der Waals surface area contributed by atoms with Crippen molar-refractivity contribution < 1.29 is 4.79 Å². The van der Waals surface area contributed by atoms with E-state index in [1.807, 2.05) is 26.0 Å². The maximum Gasteiger partial charge on any atom is 0.255 e. The molecular formula is C16H22Cl2N4O. The maximum absolute atomic E-state index is 12.4. The molecule has 1 amide bonds. The molecule has 1 aromatic carbocycles. The molecule has 126 valence electrons. The second-order valence-electron chi connectivity index (χ2n) is 5.42. The van der Waals surface area contributed by atoms with Crippen LogP contribution < -0.4 is 11.1 Å². The number of amides is 1. The quantitative estimate of drug-likeness (QED) is 0.741. The molecule has 2 rings (SSSR count). The first-order valence-electron chi connectivity index (χ1n) is 7.35. The van der Waals surface area contributed by atoms with Crippen molar-refractivity contribution in [3.8, 4) is 11.3 Å². The van der Waals surface area contributed by atoms with Gasteiger partial charge in [0.05, 0.1) is 17.5 Å². The van der Waals surface area contributed by atoms with Crippen molar-refractivity contribution in [1.29, 1.82) is 0 Å². The normalized spacial score (nSPS) is 11.0. The fourth-order valence-electron chi connectivity index (χ4n) is 2.17. The minimum atomic E-state index is -0.379. The number of aromatic amines is 1. The number of benzene rings is 1. The molecule has 2 aromatic rings. The summed E-state index contributed by atoms with van der Waals surface area (Å²) in [4.78, 5) is 12.4. The third-order valence-electron chi connectivity index (χ3n) is 4.01. The predicted molar refractivity (Wildman–Crippen MR) is 96.1 cm³/mol. The molecule has 0 unspecified atom stereocenters. The van der Waals surface area contributed by atoms with Crippen LogP contribution >= 0.6 is 24.0 Å². The van der Waals surface area contributed by atoms with Crippen molar-refractivity contribution in [2.45, 2.75) is 32.2 Å². The monoisotopic (exact) mass is 356 g/mol. The van der Waals surface area contributed by atoms with E-state index in [4.69, 9.17) is 17.3 Å². The lowest BCUT2D eigenvalue weighted by Gasteiger charge is -2.26. The van der Waals surface area contributed by atoms with Crippen molar-refractivity contribution in [1.82, 2.24) is 15.5 Å². The van der Waals surface area contributed by atoms with Crippen molar-refractivity contribution >= 4 is 29.9 Å². The largest absolute Gasteiger partial charge is 0.350 e. The number of nitrogens with one attached hydrogen (secondary N) is 2. The summed E-state index contributed by atoms with van der Waals surface area (Å²) in [7, 11) is 0. The van der Waals surface area contributed by atoms with Crippen LogP contribution in [0.1, 0.15) is 37.0 Å². The van der Waals surface area contributed by atoms with Gasteiger partial charge in [-0.1, -0.05) is 37.6 Å². The molecule has 0 aliphatic heterocycles. The highest BCUT2D eigenvalue weighted by Gasteiger charge is 2.22. The lowest BCUT2D eigenvalue weighted by atomic mass is 9.94. The average Bonchev–Trinajstić information content (AvgIpc) is 3.02. The number of halogens is 2. The van der Waals surface area contributed by atoms with Gasteiger partial charge in [0.25, 0.3) is 5.91 Å². The van der Waals surface area contributed by atoms with E-state index >= 15 is 0 Å². The van der Waals surface area contributed by atoms with Crippen molar-refractivity contribution in [2.75, 3.05) is 6.54 Å². The Morgan fingerprint density at radius 2 is 2.09 bits per heavy atom. The molecule has 0 bridgehead atoms. The number of nitrogens with zero attached hydrogens (tertiary/aromatic N) is 1. The fraction of sp³-hybridized carbons (Fsp3) is 0.375. The number of carbonyl (C=O) groups is 1. The number of H-pyrrole nitrogens is 1. The van der Waals surface area contributed by atoms with Crippen LogP contribution in [0, 0.1) is 0 Å². The van der Waals surface area contributed by atoms with Crippen LogP contribution in [0.25, 0.3) is 11.3 Å². The van der Waals surface area contributed by atoms with Gasteiger partial charge >= 0.3 is 0 Å². The molecule has 0 saturated carbocycles. The van der Waals surface area contributed by atoms with E-state index in [0.29, 0.717) is 22.8 Å². The molecule has 7 heteroatoms. The number of nitrogens with two attached hydrogens (primary N) is 1. The topological polar surface area (TPSA) is 83.8 Å². The summed E-state index contributed by atoms with van der Waals surface area (Å²) in [6.45, 7) is 4.47. The van der Waals surface area contributed by atoms with Gasteiger partial charge in [0.2, 0.25) is 0 Å². The standard InChI is InChI=1S/C16H21ClN4O.ClH/c1-3-16(18,4-2)10-19-15(22)13-9-20-21-14(13)11-6-5-7-12(17)8-11;/h5-9H,3-4,10,18H2,1-2H3,(H,19,22)(H,20,21);1H. The summed E-state index contributed by atoms with van der Waals surface area (Å²) in [5.74, 6) is -0.194. The Balaban J connectivity index is 0.00000264. The van der Waals surface area contributed by atoms with Crippen LogP contribution in [0.4, 0.5) is 0 Å². The van der Waals surface area contributed by atoms with Crippen LogP contribution in [-0.4, -0.2) is 28.2 Å². The smallest absolute Gasteiger partial charge is 0.255 e. The molecule has 1 heterocycles. The van der Waals surface area contributed by atoms with Gasteiger partial charge in [0.15, 0.2) is 0 Å². The Labute approximate surface area is 147 Å². The van der Waals surface area contributed by atoms with Gasteiger partial charge in [-0.15, -0.1) is 12.4 Å². The summed E-state index contributed by atoms with van der Waals surface area (Å²) in [5, 5.41) is 10.3. The highest BCUT2D eigenvalue weighted by Crippen LogP contribution is 2.24. The second-order valence-corrected chi connectivity index (χ2v) is 5.86. The molecular weight excluding hydrogens is 335 g/mol. The van der Waals surface area contributed by atoms with Gasteiger partial charge in [0.1, 0.15) is 0 Å². The number of rotatable bonds is 6. The summed E-state index contributed by atoms with van der Waals surface area (Å²) in [6.07, 6.45) is 3.12.